The van der Waals surface area contributed by atoms with E-state index in [4.69, 9.17) is 14.4 Å². The molecule has 0 N–H and O–H groups in total. The van der Waals surface area contributed by atoms with Gasteiger partial charge in [-0.3, -0.25) is 0 Å². The van der Waals surface area contributed by atoms with Crippen molar-refractivity contribution in [2.24, 2.45) is 0 Å². The maximum atomic E-state index is 6.76. The van der Waals surface area contributed by atoms with Gasteiger partial charge in [0.15, 0.2) is 11.6 Å². The summed E-state index contributed by atoms with van der Waals surface area (Å²) in [5.41, 5.74) is 11.3. The molecular weight excluding hydrogens is 705 g/mol. The third-order valence-electron chi connectivity index (χ3n) is 10.4. The minimum Gasteiger partial charge on any atom is -0.455 e. The quantitative estimate of drug-likeness (QED) is 0.170. The Hall–Kier alpha value is -7.28. The second-order valence-electron chi connectivity index (χ2n) is 13.8. The smallest absolute Gasteiger partial charge is 0.160 e. The zero-order chi connectivity index (χ0) is 37.0. The van der Waals surface area contributed by atoms with Gasteiger partial charge in [-0.05, 0) is 53.1 Å². The predicted molar refractivity (Wildman–Crippen MR) is 230 cm³/mol. The number of furan rings is 1. The van der Waals surface area contributed by atoms with Crippen LogP contribution in [0.2, 0.25) is 0 Å². The molecule has 0 aliphatic carbocycles. The van der Waals surface area contributed by atoms with Crippen molar-refractivity contribution in [2.75, 3.05) is 0 Å². The average molecular weight is 735 g/mol. The molecule has 11 aromatic rings. The first kappa shape index (κ1) is 32.2. The van der Waals surface area contributed by atoms with E-state index in [1.54, 1.807) is 0 Å². The highest BCUT2D eigenvalue weighted by Crippen LogP contribution is 2.44. The monoisotopic (exact) mass is 734 g/mol. The molecule has 0 aliphatic heterocycles. The van der Waals surface area contributed by atoms with Crippen molar-refractivity contribution >= 4 is 53.4 Å². The zero-order valence-electron chi connectivity index (χ0n) is 29.9. The third kappa shape index (κ3) is 5.54. The maximum Gasteiger partial charge on any atom is 0.160 e. The molecule has 0 unspecified atom stereocenters. The van der Waals surface area contributed by atoms with Crippen LogP contribution in [0.1, 0.15) is 0 Å². The number of para-hydroxylation sites is 1. The number of fused-ring (bicyclic) bond motifs is 6. The molecule has 0 amide bonds. The van der Waals surface area contributed by atoms with Crippen molar-refractivity contribution in [3.63, 3.8) is 0 Å². The second kappa shape index (κ2) is 13.2. The van der Waals surface area contributed by atoms with Gasteiger partial charge in [0.25, 0.3) is 0 Å². The maximum absolute atomic E-state index is 6.76. The SMILES string of the molecule is c1ccc(-c2cnc(-c3ccc(-c4nc(-c5ccccc5)cc(-c5ccc(-c6ccc7sc8ccccc8c7c6)c6c5oc5ccccc56)n4)cc3)nc2)cc1. The Balaban J connectivity index is 1.04. The van der Waals surface area contributed by atoms with Crippen LogP contribution in [0.4, 0.5) is 0 Å². The number of thiophene rings is 1. The van der Waals surface area contributed by atoms with Gasteiger partial charge < -0.3 is 4.42 Å². The van der Waals surface area contributed by atoms with Gasteiger partial charge in [-0.2, -0.15) is 0 Å². The highest BCUT2D eigenvalue weighted by atomic mass is 32.1. The van der Waals surface area contributed by atoms with Crippen LogP contribution in [0, 0.1) is 0 Å². The third-order valence-corrected chi connectivity index (χ3v) is 11.6. The minimum atomic E-state index is 0.622. The molecule has 262 valence electrons. The highest BCUT2D eigenvalue weighted by molar-refractivity contribution is 7.25. The Bertz CT molecular complexity index is 3230. The van der Waals surface area contributed by atoms with Crippen LogP contribution in [0.15, 0.2) is 187 Å². The van der Waals surface area contributed by atoms with Crippen LogP contribution in [-0.4, -0.2) is 19.9 Å². The lowest BCUT2D eigenvalue weighted by Crippen LogP contribution is -1.97. The molecule has 6 heteroatoms. The summed E-state index contributed by atoms with van der Waals surface area (Å²) in [7, 11) is 0. The molecule has 0 saturated carbocycles. The molecule has 4 aromatic heterocycles. The van der Waals surface area contributed by atoms with Gasteiger partial charge in [0.05, 0.1) is 11.4 Å². The first-order valence-corrected chi connectivity index (χ1v) is 19.3. The fourth-order valence-electron chi connectivity index (χ4n) is 7.66. The molecule has 0 radical (unpaired) electrons. The number of benzene rings is 7. The van der Waals surface area contributed by atoms with Gasteiger partial charge in [0, 0.05) is 71.2 Å². The number of nitrogens with zero attached hydrogens (tertiary/aromatic N) is 4. The Morgan fingerprint density at radius 3 is 1.79 bits per heavy atom. The lowest BCUT2D eigenvalue weighted by molar-refractivity contribution is 0.670. The molecular formula is C50H30N4OS. The Morgan fingerprint density at radius 1 is 0.393 bits per heavy atom. The van der Waals surface area contributed by atoms with E-state index in [9.17, 15) is 0 Å². The standard InChI is InChI=1S/C50H30N4OS/c1-3-11-31(12-4-1)36-29-51-49(52-30-36)33-19-21-34(22-20-33)50-53-42(32-13-5-2-6-14-32)28-43(54-50)39-25-24-37(47-40-16-7-9-17-44(40)55-48(39)47)35-23-26-46-41(27-35)38-15-8-10-18-45(38)56-46/h1-30H. The van der Waals surface area contributed by atoms with Gasteiger partial charge in [-0.25, -0.2) is 19.9 Å². The van der Waals surface area contributed by atoms with E-state index in [1.165, 1.54) is 20.2 Å². The fraction of sp³-hybridized carbons (Fsp3) is 0. The van der Waals surface area contributed by atoms with Crippen molar-refractivity contribution in [3.05, 3.63) is 182 Å². The van der Waals surface area contributed by atoms with E-state index in [1.807, 2.05) is 96.5 Å². The minimum absolute atomic E-state index is 0.622. The van der Waals surface area contributed by atoms with Crippen LogP contribution in [0.25, 0.3) is 110 Å². The number of rotatable bonds is 6. The first-order chi connectivity index (χ1) is 27.7. The van der Waals surface area contributed by atoms with Crippen molar-refractivity contribution in [1.82, 2.24) is 19.9 Å². The van der Waals surface area contributed by atoms with E-state index in [0.29, 0.717) is 11.6 Å². The van der Waals surface area contributed by atoms with Crippen molar-refractivity contribution < 1.29 is 4.42 Å². The number of hydrogen-bond acceptors (Lipinski definition) is 6. The van der Waals surface area contributed by atoms with Crippen molar-refractivity contribution in [2.45, 2.75) is 0 Å². The molecule has 11 rings (SSSR count). The van der Waals surface area contributed by atoms with Crippen LogP contribution < -0.4 is 0 Å². The molecule has 0 atom stereocenters. The summed E-state index contributed by atoms with van der Waals surface area (Å²) in [4.78, 5) is 19.7. The lowest BCUT2D eigenvalue weighted by atomic mass is 9.95. The summed E-state index contributed by atoms with van der Waals surface area (Å²) >= 11 is 1.83. The zero-order valence-corrected chi connectivity index (χ0v) is 30.7. The molecule has 0 bridgehead atoms. The van der Waals surface area contributed by atoms with E-state index in [0.717, 1.165) is 77.8 Å². The summed E-state index contributed by atoms with van der Waals surface area (Å²) < 4.78 is 9.34. The van der Waals surface area contributed by atoms with Crippen molar-refractivity contribution in [3.8, 4) is 67.5 Å². The number of aromatic nitrogens is 4. The Labute approximate surface area is 326 Å². The summed E-state index contributed by atoms with van der Waals surface area (Å²) in [6.07, 6.45) is 3.74. The molecule has 0 spiro atoms. The molecule has 0 fully saturated rings. The summed E-state index contributed by atoms with van der Waals surface area (Å²) in [5.74, 6) is 1.28. The lowest BCUT2D eigenvalue weighted by Gasteiger charge is -2.12. The molecule has 5 nitrogen and oxygen atoms in total. The van der Waals surface area contributed by atoms with Crippen LogP contribution in [0.3, 0.4) is 0 Å². The molecule has 4 heterocycles. The molecule has 0 saturated heterocycles. The highest BCUT2D eigenvalue weighted by Gasteiger charge is 2.20. The van der Waals surface area contributed by atoms with E-state index < -0.39 is 0 Å². The Morgan fingerprint density at radius 2 is 1.00 bits per heavy atom. The Kier molecular flexibility index (Phi) is 7.60. The van der Waals surface area contributed by atoms with Gasteiger partial charge >= 0.3 is 0 Å². The van der Waals surface area contributed by atoms with E-state index in [-0.39, 0.29) is 0 Å². The van der Waals surface area contributed by atoms with Gasteiger partial charge in [0.1, 0.15) is 11.2 Å². The molecule has 7 aromatic carbocycles. The average Bonchev–Trinajstić information content (AvgIpc) is 3.85. The summed E-state index contributed by atoms with van der Waals surface area (Å²) in [6, 6.07) is 58.7. The summed E-state index contributed by atoms with van der Waals surface area (Å²) in [6.45, 7) is 0. The van der Waals surface area contributed by atoms with E-state index >= 15 is 0 Å². The van der Waals surface area contributed by atoms with Gasteiger partial charge in [-0.15, -0.1) is 11.3 Å². The molecule has 56 heavy (non-hydrogen) atoms. The van der Waals surface area contributed by atoms with Crippen LogP contribution in [-0.2, 0) is 0 Å². The fourth-order valence-corrected chi connectivity index (χ4v) is 8.75. The number of hydrogen-bond donors (Lipinski definition) is 0. The van der Waals surface area contributed by atoms with Gasteiger partial charge in [-0.1, -0.05) is 133 Å². The van der Waals surface area contributed by atoms with Crippen LogP contribution in [0.5, 0.6) is 0 Å². The molecule has 0 aliphatic rings. The van der Waals surface area contributed by atoms with Gasteiger partial charge in [0.2, 0.25) is 0 Å². The topological polar surface area (TPSA) is 64.7 Å². The van der Waals surface area contributed by atoms with Crippen LogP contribution >= 0.6 is 11.3 Å². The van der Waals surface area contributed by atoms with Crippen molar-refractivity contribution in [1.29, 1.82) is 0 Å². The largest absolute Gasteiger partial charge is 0.455 e. The second-order valence-corrected chi connectivity index (χ2v) is 14.9. The first-order valence-electron chi connectivity index (χ1n) is 18.5. The predicted octanol–water partition coefficient (Wildman–Crippen LogP) is 13.5. The normalized spacial score (nSPS) is 11.6. The van der Waals surface area contributed by atoms with E-state index in [2.05, 4.69) is 107 Å². The summed E-state index contributed by atoms with van der Waals surface area (Å²) in [5, 5.41) is 4.69.